The molecule has 0 unspecified atom stereocenters. The van der Waals surface area contributed by atoms with Crippen LogP contribution < -0.4 is 15.5 Å². The number of nitrogens with zero attached hydrogens (tertiary/aromatic N) is 3. The first-order chi connectivity index (χ1) is 15.3. The Bertz CT molecular complexity index is 790. The number of aliphatic imine (C=N–C) groups is 1. The van der Waals surface area contributed by atoms with Gasteiger partial charge in [-0.05, 0) is 36.1 Å². The SMILES string of the molecule is CN=C(NCCCCN(C)c1ccccc1)NCc1ccccc1CN1CCOCC1. The monoisotopic (exact) mass is 423 g/mol. The molecule has 31 heavy (non-hydrogen) atoms. The Morgan fingerprint density at radius 3 is 2.42 bits per heavy atom. The lowest BCUT2D eigenvalue weighted by molar-refractivity contribution is 0.0341. The molecular formula is C25H37N5O. The van der Waals surface area contributed by atoms with Gasteiger partial charge in [-0.2, -0.15) is 0 Å². The van der Waals surface area contributed by atoms with Gasteiger partial charge in [0.2, 0.25) is 0 Å². The van der Waals surface area contributed by atoms with E-state index in [0.717, 1.165) is 71.3 Å². The molecule has 0 radical (unpaired) electrons. The summed E-state index contributed by atoms with van der Waals surface area (Å²) in [7, 11) is 3.98. The quantitative estimate of drug-likeness (QED) is 0.349. The van der Waals surface area contributed by atoms with Crippen LogP contribution in [0.25, 0.3) is 0 Å². The summed E-state index contributed by atoms with van der Waals surface area (Å²) in [5, 5.41) is 6.92. The van der Waals surface area contributed by atoms with Gasteiger partial charge < -0.3 is 20.3 Å². The summed E-state index contributed by atoms with van der Waals surface area (Å²) in [6.45, 7) is 7.38. The fourth-order valence-electron chi connectivity index (χ4n) is 3.78. The third kappa shape index (κ3) is 7.89. The van der Waals surface area contributed by atoms with E-state index in [9.17, 15) is 0 Å². The van der Waals surface area contributed by atoms with Gasteiger partial charge in [0.25, 0.3) is 0 Å². The van der Waals surface area contributed by atoms with E-state index in [-0.39, 0.29) is 0 Å². The van der Waals surface area contributed by atoms with Gasteiger partial charge in [-0.1, -0.05) is 42.5 Å². The molecule has 0 atom stereocenters. The zero-order valence-corrected chi connectivity index (χ0v) is 19.0. The van der Waals surface area contributed by atoms with Crippen LogP contribution in [0.2, 0.25) is 0 Å². The lowest BCUT2D eigenvalue weighted by atomic mass is 10.1. The Labute approximate surface area is 187 Å². The van der Waals surface area contributed by atoms with Crippen molar-refractivity contribution < 1.29 is 4.74 Å². The van der Waals surface area contributed by atoms with E-state index in [1.165, 1.54) is 16.8 Å². The molecule has 0 aliphatic carbocycles. The van der Waals surface area contributed by atoms with Gasteiger partial charge in [0, 0.05) is 59.1 Å². The fourth-order valence-corrected chi connectivity index (χ4v) is 3.78. The van der Waals surface area contributed by atoms with Crippen LogP contribution >= 0.6 is 0 Å². The second kappa shape index (κ2) is 13.0. The van der Waals surface area contributed by atoms with Crippen LogP contribution in [0.3, 0.4) is 0 Å². The van der Waals surface area contributed by atoms with E-state index in [2.05, 4.69) is 87.1 Å². The van der Waals surface area contributed by atoms with Crippen molar-refractivity contribution in [3.63, 3.8) is 0 Å². The lowest BCUT2D eigenvalue weighted by Crippen LogP contribution is -2.38. The summed E-state index contributed by atoms with van der Waals surface area (Å²) >= 11 is 0. The second-order valence-corrected chi connectivity index (χ2v) is 7.97. The summed E-state index contributed by atoms with van der Waals surface area (Å²) < 4.78 is 5.47. The van der Waals surface area contributed by atoms with Gasteiger partial charge >= 0.3 is 0 Å². The van der Waals surface area contributed by atoms with Gasteiger partial charge in [0.1, 0.15) is 0 Å². The molecule has 0 amide bonds. The number of rotatable bonds is 10. The van der Waals surface area contributed by atoms with E-state index in [1.807, 2.05) is 7.05 Å². The van der Waals surface area contributed by atoms with Gasteiger partial charge in [-0.3, -0.25) is 9.89 Å². The average molecular weight is 424 g/mol. The first-order valence-electron chi connectivity index (χ1n) is 11.3. The Balaban J connectivity index is 1.37. The maximum Gasteiger partial charge on any atom is 0.191 e. The molecule has 0 bridgehead atoms. The minimum atomic E-state index is 0.775. The number of nitrogens with one attached hydrogen (secondary N) is 2. The lowest BCUT2D eigenvalue weighted by Gasteiger charge is -2.27. The number of anilines is 1. The number of unbranched alkanes of at least 4 members (excludes halogenated alkanes) is 1. The number of hydrogen-bond acceptors (Lipinski definition) is 4. The molecule has 3 rings (SSSR count). The van der Waals surface area contributed by atoms with E-state index < -0.39 is 0 Å². The fraction of sp³-hybridized carbons (Fsp3) is 0.480. The van der Waals surface area contributed by atoms with Gasteiger partial charge in [-0.15, -0.1) is 0 Å². The van der Waals surface area contributed by atoms with Gasteiger partial charge in [0.05, 0.1) is 13.2 Å². The van der Waals surface area contributed by atoms with E-state index in [4.69, 9.17) is 4.74 Å². The van der Waals surface area contributed by atoms with Crippen molar-refractivity contribution in [3.05, 3.63) is 65.7 Å². The van der Waals surface area contributed by atoms with Crippen molar-refractivity contribution in [3.8, 4) is 0 Å². The van der Waals surface area contributed by atoms with Crippen LogP contribution in [0.4, 0.5) is 5.69 Å². The molecule has 168 valence electrons. The average Bonchev–Trinajstić information content (AvgIpc) is 2.83. The minimum absolute atomic E-state index is 0.775. The van der Waals surface area contributed by atoms with Crippen molar-refractivity contribution in [1.29, 1.82) is 0 Å². The predicted molar refractivity (Wildman–Crippen MR) is 130 cm³/mol. The molecule has 0 aromatic heterocycles. The van der Waals surface area contributed by atoms with Crippen molar-refractivity contribution in [1.82, 2.24) is 15.5 Å². The summed E-state index contributed by atoms with van der Waals surface area (Å²) in [5.74, 6) is 0.859. The molecule has 0 spiro atoms. The summed E-state index contributed by atoms with van der Waals surface area (Å²) in [6.07, 6.45) is 2.24. The Kier molecular flexibility index (Phi) is 9.67. The maximum atomic E-state index is 5.47. The Hall–Kier alpha value is -2.57. The molecular weight excluding hydrogens is 386 g/mol. The number of guanidine groups is 1. The standard InChI is InChI=1S/C25H37N5O/c1-26-25(27-14-8-9-15-29(2)24-12-4-3-5-13-24)28-20-22-10-6-7-11-23(22)21-30-16-18-31-19-17-30/h3-7,10-13H,8-9,14-21H2,1-2H3,(H2,26,27,28). The number of ether oxygens (including phenoxy) is 1. The van der Waals surface area contributed by atoms with Gasteiger partial charge in [0.15, 0.2) is 5.96 Å². The summed E-state index contributed by atoms with van der Waals surface area (Å²) in [5.41, 5.74) is 3.96. The van der Waals surface area contributed by atoms with E-state index >= 15 is 0 Å². The van der Waals surface area contributed by atoms with Crippen molar-refractivity contribution in [2.45, 2.75) is 25.9 Å². The van der Waals surface area contributed by atoms with E-state index in [0.29, 0.717) is 0 Å². The summed E-state index contributed by atoms with van der Waals surface area (Å²) in [6, 6.07) is 19.2. The highest BCUT2D eigenvalue weighted by molar-refractivity contribution is 5.79. The van der Waals surface area contributed by atoms with Crippen LogP contribution in [0.15, 0.2) is 59.6 Å². The Morgan fingerprint density at radius 2 is 1.68 bits per heavy atom. The van der Waals surface area contributed by atoms with Crippen molar-refractivity contribution in [2.24, 2.45) is 4.99 Å². The molecule has 2 aromatic rings. The molecule has 6 nitrogen and oxygen atoms in total. The maximum absolute atomic E-state index is 5.47. The highest BCUT2D eigenvalue weighted by Gasteiger charge is 2.12. The molecule has 1 fully saturated rings. The smallest absolute Gasteiger partial charge is 0.191 e. The second-order valence-electron chi connectivity index (χ2n) is 7.97. The van der Waals surface area contributed by atoms with Crippen LogP contribution in [0.1, 0.15) is 24.0 Å². The van der Waals surface area contributed by atoms with E-state index in [1.54, 1.807) is 0 Å². The molecule has 6 heteroatoms. The van der Waals surface area contributed by atoms with Crippen molar-refractivity contribution >= 4 is 11.6 Å². The molecule has 2 N–H and O–H groups in total. The highest BCUT2D eigenvalue weighted by atomic mass is 16.5. The third-order valence-corrected chi connectivity index (χ3v) is 5.70. The molecule has 1 saturated heterocycles. The van der Waals surface area contributed by atoms with Crippen LogP contribution in [-0.2, 0) is 17.8 Å². The van der Waals surface area contributed by atoms with Gasteiger partial charge in [-0.25, -0.2) is 0 Å². The first kappa shape index (κ1) is 23.1. The number of hydrogen-bond donors (Lipinski definition) is 2. The molecule has 1 aliphatic rings. The normalized spacial score (nSPS) is 15.0. The molecule has 1 aliphatic heterocycles. The molecule has 2 aromatic carbocycles. The van der Waals surface area contributed by atoms with Crippen molar-refractivity contribution in [2.75, 3.05) is 58.4 Å². The first-order valence-corrected chi connectivity index (χ1v) is 11.3. The predicted octanol–water partition coefficient (Wildman–Crippen LogP) is 3.10. The molecule has 1 heterocycles. The number of benzene rings is 2. The third-order valence-electron chi connectivity index (χ3n) is 5.70. The number of morpholine rings is 1. The zero-order chi connectivity index (χ0) is 21.7. The van der Waals surface area contributed by atoms with Crippen LogP contribution in [0, 0.1) is 0 Å². The molecule has 0 saturated carbocycles. The largest absolute Gasteiger partial charge is 0.379 e. The Morgan fingerprint density at radius 1 is 0.968 bits per heavy atom. The number of para-hydroxylation sites is 1. The van der Waals surface area contributed by atoms with Crippen LogP contribution in [0.5, 0.6) is 0 Å². The zero-order valence-electron chi connectivity index (χ0n) is 19.0. The van der Waals surface area contributed by atoms with Crippen LogP contribution in [-0.4, -0.2) is 64.3 Å². The minimum Gasteiger partial charge on any atom is -0.379 e. The summed E-state index contributed by atoms with van der Waals surface area (Å²) in [4.78, 5) is 9.15. The topological polar surface area (TPSA) is 52.1 Å². The highest BCUT2D eigenvalue weighted by Crippen LogP contribution is 2.13.